The molecule has 1 aromatic heterocycles. The highest BCUT2D eigenvalue weighted by molar-refractivity contribution is 7.89. The molecule has 1 heterocycles. The number of hydrogen-bond donors (Lipinski definition) is 1. The summed E-state index contributed by atoms with van der Waals surface area (Å²) in [6.07, 6.45) is 0. The number of hydrogen-bond acceptors (Lipinski definition) is 4. The summed E-state index contributed by atoms with van der Waals surface area (Å²) in [4.78, 5) is 6.79. The van der Waals surface area contributed by atoms with Crippen LogP contribution in [-0.4, -0.2) is 36.8 Å². The number of nitrogens with one attached hydrogen (secondary N) is 1. The molecule has 0 saturated carbocycles. The zero-order chi connectivity index (χ0) is 12.6. The Morgan fingerprint density at radius 2 is 2.12 bits per heavy atom. The Hall–Kier alpha value is -1.91. The lowest BCUT2D eigenvalue weighted by Gasteiger charge is -2.11. The molecular formula is C10H10N4O2S. The van der Waals surface area contributed by atoms with E-state index in [9.17, 15) is 8.42 Å². The molecule has 0 amide bonds. The van der Waals surface area contributed by atoms with E-state index >= 15 is 0 Å². The molecule has 0 radical (unpaired) electrons. The summed E-state index contributed by atoms with van der Waals surface area (Å²) < 4.78 is 25.2. The van der Waals surface area contributed by atoms with Gasteiger partial charge in [0.25, 0.3) is 0 Å². The van der Waals surface area contributed by atoms with Crippen LogP contribution >= 0.6 is 0 Å². The molecule has 88 valence electrons. The van der Waals surface area contributed by atoms with Gasteiger partial charge in [0.1, 0.15) is 16.5 Å². The Balaban J connectivity index is 2.80. The van der Waals surface area contributed by atoms with E-state index in [0.29, 0.717) is 5.52 Å². The molecule has 17 heavy (non-hydrogen) atoms. The van der Waals surface area contributed by atoms with Crippen molar-refractivity contribution in [1.82, 2.24) is 14.3 Å². The minimum absolute atomic E-state index is 0.0951. The van der Waals surface area contributed by atoms with E-state index in [1.807, 2.05) is 6.07 Å². The average Bonchev–Trinajstić information content (AvgIpc) is 2.70. The molecule has 0 aliphatic rings. The molecule has 2 aromatic rings. The Morgan fingerprint density at radius 3 is 2.71 bits per heavy atom. The number of sulfonamides is 1. The van der Waals surface area contributed by atoms with Crippen LogP contribution in [0.2, 0.25) is 0 Å². The van der Waals surface area contributed by atoms with Crippen LogP contribution in [0.4, 0.5) is 0 Å². The average molecular weight is 250 g/mol. The smallest absolute Gasteiger partial charge is 0.244 e. The maximum atomic E-state index is 12.0. The summed E-state index contributed by atoms with van der Waals surface area (Å²) in [6.45, 7) is 0. The first-order valence-corrected chi connectivity index (χ1v) is 6.22. The Kier molecular flexibility index (Phi) is 2.61. The van der Waals surface area contributed by atoms with Crippen LogP contribution in [0.5, 0.6) is 0 Å². The first-order valence-electron chi connectivity index (χ1n) is 4.78. The molecule has 1 aromatic carbocycles. The number of fused-ring (bicyclic) bond motifs is 1. The SMILES string of the molecule is CN(C)S(=O)(=O)c1cccc2[nH]c(C#N)nc12. The molecule has 0 fully saturated rings. The fourth-order valence-corrected chi connectivity index (χ4v) is 2.51. The number of nitriles is 1. The first kappa shape index (κ1) is 11.6. The van der Waals surface area contributed by atoms with Crippen molar-refractivity contribution in [3.63, 3.8) is 0 Å². The van der Waals surface area contributed by atoms with Gasteiger partial charge in [-0.3, -0.25) is 0 Å². The lowest BCUT2D eigenvalue weighted by atomic mass is 10.3. The lowest BCUT2D eigenvalue weighted by molar-refractivity contribution is 0.521. The van der Waals surface area contributed by atoms with Gasteiger partial charge in [-0.2, -0.15) is 5.26 Å². The molecule has 1 N–H and O–H groups in total. The van der Waals surface area contributed by atoms with Gasteiger partial charge in [0.05, 0.1) is 5.52 Å². The normalized spacial score (nSPS) is 11.9. The van der Waals surface area contributed by atoms with Gasteiger partial charge in [-0.05, 0) is 12.1 Å². The van der Waals surface area contributed by atoms with Crippen molar-refractivity contribution < 1.29 is 8.42 Å². The molecule has 7 heteroatoms. The van der Waals surface area contributed by atoms with Crippen molar-refractivity contribution in [2.75, 3.05) is 14.1 Å². The number of rotatable bonds is 2. The van der Waals surface area contributed by atoms with Gasteiger partial charge >= 0.3 is 0 Å². The van der Waals surface area contributed by atoms with Crippen molar-refractivity contribution in [3.8, 4) is 6.07 Å². The molecule has 0 aliphatic heterocycles. The molecule has 2 rings (SSSR count). The largest absolute Gasteiger partial charge is 0.329 e. The number of benzene rings is 1. The van der Waals surface area contributed by atoms with Gasteiger partial charge in [0.2, 0.25) is 15.8 Å². The zero-order valence-electron chi connectivity index (χ0n) is 9.30. The topological polar surface area (TPSA) is 89.9 Å². The highest BCUT2D eigenvalue weighted by Gasteiger charge is 2.21. The zero-order valence-corrected chi connectivity index (χ0v) is 10.1. The molecule has 0 aliphatic carbocycles. The van der Waals surface area contributed by atoms with Gasteiger partial charge in [0.15, 0.2) is 0 Å². The van der Waals surface area contributed by atoms with Crippen molar-refractivity contribution in [3.05, 3.63) is 24.0 Å². The van der Waals surface area contributed by atoms with E-state index in [1.54, 1.807) is 12.1 Å². The van der Waals surface area contributed by atoms with Gasteiger partial charge < -0.3 is 4.98 Å². The van der Waals surface area contributed by atoms with Crippen LogP contribution in [0.15, 0.2) is 23.1 Å². The number of aromatic amines is 1. The summed E-state index contributed by atoms with van der Waals surface area (Å²) >= 11 is 0. The summed E-state index contributed by atoms with van der Waals surface area (Å²) in [5, 5.41) is 8.74. The molecule has 0 saturated heterocycles. The second-order valence-electron chi connectivity index (χ2n) is 3.64. The van der Waals surface area contributed by atoms with E-state index < -0.39 is 10.0 Å². The van der Waals surface area contributed by atoms with Crippen molar-refractivity contribution in [2.45, 2.75) is 4.90 Å². The van der Waals surface area contributed by atoms with E-state index in [1.165, 1.54) is 20.2 Å². The summed E-state index contributed by atoms with van der Waals surface area (Å²) in [5.41, 5.74) is 0.822. The van der Waals surface area contributed by atoms with Gasteiger partial charge in [-0.25, -0.2) is 17.7 Å². The molecule has 0 spiro atoms. The van der Waals surface area contributed by atoms with Gasteiger partial charge in [-0.15, -0.1) is 0 Å². The van der Waals surface area contributed by atoms with Crippen LogP contribution in [-0.2, 0) is 10.0 Å². The van der Waals surface area contributed by atoms with Crippen molar-refractivity contribution in [1.29, 1.82) is 5.26 Å². The molecule has 0 unspecified atom stereocenters. The Labute approximate surface area is 98.5 Å². The highest BCUT2D eigenvalue weighted by atomic mass is 32.2. The van der Waals surface area contributed by atoms with E-state index in [-0.39, 0.29) is 16.2 Å². The summed E-state index contributed by atoms with van der Waals surface area (Å²) in [5.74, 6) is 0.0985. The maximum Gasteiger partial charge on any atom is 0.244 e. The monoisotopic (exact) mass is 250 g/mol. The molecule has 6 nitrogen and oxygen atoms in total. The minimum Gasteiger partial charge on any atom is -0.329 e. The van der Waals surface area contributed by atoms with Crippen LogP contribution in [0, 0.1) is 11.3 Å². The quantitative estimate of drug-likeness (QED) is 0.848. The molecular weight excluding hydrogens is 240 g/mol. The summed E-state index contributed by atoms with van der Waals surface area (Å²) in [6, 6.07) is 6.61. The van der Waals surface area contributed by atoms with Gasteiger partial charge in [0, 0.05) is 14.1 Å². The maximum absolute atomic E-state index is 12.0. The predicted molar refractivity (Wildman–Crippen MR) is 61.7 cm³/mol. The van der Waals surface area contributed by atoms with Crippen molar-refractivity contribution >= 4 is 21.1 Å². The number of aromatic nitrogens is 2. The van der Waals surface area contributed by atoms with E-state index in [0.717, 1.165) is 4.31 Å². The van der Waals surface area contributed by atoms with Gasteiger partial charge in [-0.1, -0.05) is 6.07 Å². The van der Waals surface area contributed by atoms with Crippen LogP contribution < -0.4 is 0 Å². The number of para-hydroxylation sites is 1. The van der Waals surface area contributed by atoms with E-state index in [2.05, 4.69) is 9.97 Å². The number of nitrogens with zero attached hydrogens (tertiary/aromatic N) is 3. The fourth-order valence-electron chi connectivity index (χ4n) is 1.46. The fraction of sp³-hybridized carbons (Fsp3) is 0.200. The van der Waals surface area contributed by atoms with E-state index in [4.69, 9.17) is 5.26 Å². The molecule has 0 atom stereocenters. The van der Waals surface area contributed by atoms with Crippen molar-refractivity contribution in [2.24, 2.45) is 0 Å². The first-order chi connectivity index (χ1) is 7.96. The standard InChI is InChI=1S/C10H10N4O2S/c1-14(2)17(15,16)8-5-3-4-7-10(8)13-9(6-11)12-7/h3-5H,1-2H3,(H,12,13). The van der Waals surface area contributed by atoms with Crippen LogP contribution in [0.3, 0.4) is 0 Å². The third-order valence-electron chi connectivity index (χ3n) is 2.34. The highest BCUT2D eigenvalue weighted by Crippen LogP contribution is 2.22. The molecule has 0 bridgehead atoms. The number of imidazole rings is 1. The lowest BCUT2D eigenvalue weighted by Crippen LogP contribution is -2.22. The number of H-pyrrole nitrogens is 1. The predicted octanol–water partition coefficient (Wildman–Crippen LogP) is 0.685. The summed E-state index contributed by atoms with van der Waals surface area (Å²) in [7, 11) is -0.656. The Morgan fingerprint density at radius 1 is 1.41 bits per heavy atom. The third kappa shape index (κ3) is 1.77. The van der Waals surface area contributed by atoms with Crippen LogP contribution in [0.1, 0.15) is 5.82 Å². The minimum atomic E-state index is -3.56. The van der Waals surface area contributed by atoms with Crippen LogP contribution in [0.25, 0.3) is 11.0 Å². The Bertz CT molecular complexity index is 709. The second kappa shape index (κ2) is 3.84. The third-order valence-corrected chi connectivity index (χ3v) is 4.19. The second-order valence-corrected chi connectivity index (χ2v) is 5.76.